The molecule has 1 aliphatic heterocycles. The van der Waals surface area contributed by atoms with Gasteiger partial charge in [0.2, 0.25) is 0 Å². The Hall–Kier alpha value is -1.46. The van der Waals surface area contributed by atoms with Gasteiger partial charge in [0, 0.05) is 38.2 Å². The second kappa shape index (κ2) is 8.86. The molecule has 1 atom stereocenters. The van der Waals surface area contributed by atoms with Crippen LogP contribution in [0.1, 0.15) is 6.42 Å². The molecule has 122 valence electrons. The second-order valence-electron chi connectivity index (χ2n) is 5.38. The molecule has 0 aliphatic carbocycles. The maximum absolute atomic E-state index is 5.85. The summed E-state index contributed by atoms with van der Waals surface area (Å²) >= 11 is 5.85. The van der Waals surface area contributed by atoms with Crippen molar-refractivity contribution in [1.29, 1.82) is 0 Å². The van der Waals surface area contributed by atoms with Crippen molar-refractivity contribution >= 4 is 17.6 Å². The first-order chi connectivity index (χ1) is 10.7. The minimum atomic E-state index is 0.579. The summed E-state index contributed by atoms with van der Waals surface area (Å²) in [5.41, 5.74) is 0. The molecular formula is C16H24ClN3O2. The molecular weight excluding hydrogens is 302 g/mol. The number of nitrogens with zero attached hydrogens (tertiary/aromatic N) is 2. The molecule has 0 aromatic heterocycles. The summed E-state index contributed by atoms with van der Waals surface area (Å²) in [7, 11) is 3.80. The molecule has 1 N–H and O–H groups in total. The maximum atomic E-state index is 5.85. The van der Waals surface area contributed by atoms with Gasteiger partial charge in [-0.15, -0.1) is 0 Å². The first kappa shape index (κ1) is 16.9. The van der Waals surface area contributed by atoms with Crippen LogP contribution in [0.3, 0.4) is 0 Å². The molecule has 5 nitrogen and oxygen atoms in total. The molecule has 22 heavy (non-hydrogen) atoms. The van der Waals surface area contributed by atoms with Crippen LogP contribution in [-0.4, -0.2) is 57.9 Å². The Morgan fingerprint density at radius 3 is 2.86 bits per heavy atom. The van der Waals surface area contributed by atoms with E-state index in [-0.39, 0.29) is 0 Å². The molecule has 0 spiro atoms. The Kier molecular flexibility index (Phi) is 6.80. The van der Waals surface area contributed by atoms with E-state index >= 15 is 0 Å². The third-order valence-electron chi connectivity index (χ3n) is 3.66. The van der Waals surface area contributed by atoms with E-state index in [1.165, 1.54) is 0 Å². The van der Waals surface area contributed by atoms with Crippen LogP contribution in [0.2, 0.25) is 5.02 Å². The van der Waals surface area contributed by atoms with Crippen molar-refractivity contribution in [2.24, 2.45) is 10.9 Å². The van der Waals surface area contributed by atoms with Crippen molar-refractivity contribution in [2.75, 3.05) is 47.0 Å². The topological polar surface area (TPSA) is 46.1 Å². The average molecular weight is 326 g/mol. The number of rotatable bonds is 6. The van der Waals surface area contributed by atoms with E-state index in [0.29, 0.717) is 17.5 Å². The molecule has 6 heteroatoms. The van der Waals surface area contributed by atoms with E-state index in [2.05, 4.69) is 15.2 Å². The fourth-order valence-electron chi connectivity index (χ4n) is 2.30. The SMILES string of the molecule is CN=C(NC[C@H]1CCOC1)N(C)CCOc1ccc(Cl)cc1. The van der Waals surface area contributed by atoms with Gasteiger partial charge in [-0.25, -0.2) is 0 Å². The minimum absolute atomic E-state index is 0.579. The van der Waals surface area contributed by atoms with Crippen LogP contribution in [0.4, 0.5) is 0 Å². The van der Waals surface area contributed by atoms with Crippen molar-refractivity contribution in [3.05, 3.63) is 29.3 Å². The smallest absolute Gasteiger partial charge is 0.193 e. The summed E-state index contributed by atoms with van der Waals surface area (Å²) < 4.78 is 11.1. The van der Waals surface area contributed by atoms with Gasteiger partial charge in [0.05, 0.1) is 13.2 Å². The van der Waals surface area contributed by atoms with Gasteiger partial charge in [0.25, 0.3) is 0 Å². The predicted octanol–water partition coefficient (Wildman–Crippen LogP) is 2.26. The fourth-order valence-corrected chi connectivity index (χ4v) is 2.43. The molecule has 0 amide bonds. The third-order valence-corrected chi connectivity index (χ3v) is 3.91. The molecule has 0 radical (unpaired) electrons. The molecule has 2 rings (SSSR count). The van der Waals surface area contributed by atoms with E-state index in [9.17, 15) is 0 Å². The van der Waals surface area contributed by atoms with Crippen LogP contribution >= 0.6 is 11.6 Å². The van der Waals surface area contributed by atoms with E-state index in [1.807, 2.05) is 31.3 Å². The van der Waals surface area contributed by atoms with Gasteiger partial charge in [0.1, 0.15) is 12.4 Å². The van der Waals surface area contributed by atoms with Crippen LogP contribution in [0, 0.1) is 5.92 Å². The summed E-state index contributed by atoms with van der Waals surface area (Å²) in [5, 5.41) is 4.10. The summed E-state index contributed by atoms with van der Waals surface area (Å²) in [6.45, 7) is 3.95. The molecule has 0 saturated carbocycles. The molecule has 1 saturated heterocycles. The zero-order chi connectivity index (χ0) is 15.8. The van der Waals surface area contributed by atoms with Crippen molar-refractivity contribution in [3.8, 4) is 5.75 Å². The summed E-state index contributed by atoms with van der Waals surface area (Å²) in [6, 6.07) is 7.39. The maximum Gasteiger partial charge on any atom is 0.193 e. The Labute approximate surface area is 137 Å². The van der Waals surface area contributed by atoms with Crippen molar-refractivity contribution in [3.63, 3.8) is 0 Å². The Bertz CT molecular complexity index is 473. The number of hydrogen-bond donors (Lipinski definition) is 1. The van der Waals surface area contributed by atoms with Gasteiger partial charge in [-0.1, -0.05) is 11.6 Å². The first-order valence-corrected chi connectivity index (χ1v) is 7.94. The molecule has 1 aromatic rings. The van der Waals surface area contributed by atoms with Gasteiger partial charge in [-0.2, -0.15) is 0 Å². The largest absolute Gasteiger partial charge is 0.492 e. The summed E-state index contributed by atoms with van der Waals surface area (Å²) in [6.07, 6.45) is 1.12. The molecule has 1 aliphatic rings. The van der Waals surface area contributed by atoms with Crippen molar-refractivity contribution in [1.82, 2.24) is 10.2 Å². The lowest BCUT2D eigenvalue weighted by molar-refractivity contribution is 0.186. The fraction of sp³-hybridized carbons (Fsp3) is 0.562. The average Bonchev–Trinajstić information content (AvgIpc) is 3.03. The zero-order valence-corrected chi connectivity index (χ0v) is 14.0. The number of benzene rings is 1. The third kappa shape index (κ3) is 5.39. The lowest BCUT2D eigenvalue weighted by Gasteiger charge is -2.23. The highest BCUT2D eigenvalue weighted by molar-refractivity contribution is 6.30. The lowest BCUT2D eigenvalue weighted by Crippen LogP contribution is -2.42. The van der Waals surface area contributed by atoms with Gasteiger partial charge in [-0.05, 0) is 30.7 Å². The summed E-state index contributed by atoms with van der Waals surface area (Å²) in [4.78, 5) is 6.37. The first-order valence-electron chi connectivity index (χ1n) is 7.57. The van der Waals surface area contributed by atoms with Crippen LogP contribution in [0.25, 0.3) is 0 Å². The van der Waals surface area contributed by atoms with E-state index in [1.54, 1.807) is 7.05 Å². The zero-order valence-electron chi connectivity index (χ0n) is 13.2. The highest BCUT2D eigenvalue weighted by atomic mass is 35.5. The van der Waals surface area contributed by atoms with Gasteiger partial charge < -0.3 is 19.7 Å². The standard InChI is InChI=1S/C16H24ClN3O2/c1-18-16(19-11-13-7-9-21-12-13)20(2)8-10-22-15-5-3-14(17)4-6-15/h3-6,13H,7-12H2,1-2H3,(H,18,19)/t13-/m1/s1. The summed E-state index contributed by atoms with van der Waals surface area (Å²) in [5.74, 6) is 2.28. The predicted molar refractivity (Wildman–Crippen MR) is 89.9 cm³/mol. The van der Waals surface area contributed by atoms with Crippen LogP contribution < -0.4 is 10.1 Å². The highest BCUT2D eigenvalue weighted by Gasteiger charge is 2.16. The number of likely N-dealkylation sites (N-methyl/N-ethyl adjacent to an activating group) is 1. The Balaban J connectivity index is 1.69. The van der Waals surface area contributed by atoms with E-state index in [0.717, 1.165) is 44.4 Å². The molecule has 0 unspecified atom stereocenters. The van der Waals surface area contributed by atoms with Crippen LogP contribution in [0.15, 0.2) is 29.3 Å². The van der Waals surface area contributed by atoms with E-state index in [4.69, 9.17) is 21.1 Å². The van der Waals surface area contributed by atoms with E-state index < -0.39 is 0 Å². The number of nitrogens with one attached hydrogen (secondary N) is 1. The molecule has 1 aromatic carbocycles. The number of hydrogen-bond acceptors (Lipinski definition) is 3. The quantitative estimate of drug-likeness (QED) is 0.644. The lowest BCUT2D eigenvalue weighted by atomic mass is 10.1. The van der Waals surface area contributed by atoms with Gasteiger partial charge in [0.15, 0.2) is 5.96 Å². The number of ether oxygens (including phenoxy) is 2. The number of aliphatic imine (C=N–C) groups is 1. The van der Waals surface area contributed by atoms with Crippen molar-refractivity contribution in [2.45, 2.75) is 6.42 Å². The molecule has 0 bridgehead atoms. The second-order valence-corrected chi connectivity index (χ2v) is 5.82. The van der Waals surface area contributed by atoms with Gasteiger partial charge >= 0.3 is 0 Å². The molecule has 1 heterocycles. The number of guanidine groups is 1. The normalized spacial score (nSPS) is 18.3. The minimum Gasteiger partial charge on any atom is -0.492 e. The monoisotopic (exact) mass is 325 g/mol. The highest BCUT2D eigenvalue weighted by Crippen LogP contribution is 2.15. The van der Waals surface area contributed by atoms with Crippen LogP contribution in [-0.2, 0) is 4.74 Å². The van der Waals surface area contributed by atoms with Crippen LogP contribution in [0.5, 0.6) is 5.75 Å². The Morgan fingerprint density at radius 1 is 1.45 bits per heavy atom. The Morgan fingerprint density at radius 2 is 2.23 bits per heavy atom. The van der Waals surface area contributed by atoms with Gasteiger partial charge in [-0.3, -0.25) is 4.99 Å². The van der Waals surface area contributed by atoms with Crippen molar-refractivity contribution < 1.29 is 9.47 Å². The molecule has 1 fully saturated rings. The number of halogens is 1.